The highest BCUT2D eigenvalue weighted by molar-refractivity contribution is 5.91. The van der Waals surface area contributed by atoms with Gasteiger partial charge in [0.2, 0.25) is 0 Å². The molecule has 108 valence electrons. The molecule has 0 aromatic heterocycles. The van der Waals surface area contributed by atoms with E-state index in [4.69, 9.17) is 10.00 Å². The number of carbonyl (C=O) groups is 1. The van der Waals surface area contributed by atoms with Crippen LogP contribution in [0, 0.1) is 11.3 Å². The lowest BCUT2D eigenvalue weighted by Crippen LogP contribution is -2.18. The van der Waals surface area contributed by atoms with Crippen LogP contribution in [-0.4, -0.2) is 26.0 Å². The second kappa shape index (κ2) is 6.14. The summed E-state index contributed by atoms with van der Waals surface area (Å²) >= 11 is 0. The number of methoxy groups -OCH3 is 1. The van der Waals surface area contributed by atoms with Crippen LogP contribution in [0.1, 0.15) is 22.8 Å². The summed E-state index contributed by atoms with van der Waals surface area (Å²) in [6.07, 6.45) is -4.98. The first-order chi connectivity index (χ1) is 9.32. The van der Waals surface area contributed by atoms with Gasteiger partial charge in [-0.3, -0.25) is 0 Å². The van der Waals surface area contributed by atoms with Gasteiger partial charge in [-0.05, 0) is 19.1 Å². The van der Waals surface area contributed by atoms with E-state index in [1.807, 2.05) is 0 Å². The zero-order valence-corrected chi connectivity index (χ0v) is 10.6. The Morgan fingerprint density at radius 2 is 2.05 bits per heavy atom. The van der Waals surface area contributed by atoms with Crippen LogP contribution >= 0.6 is 0 Å². The number of benzene rings is 1. The molecule has 1 rings (SSSR count). The molecule has 0 bridgehead atoms. The van der Waals surface area contributed by atoms with Crippen molar-refractivity contribution in [2.24, 2.45) is 0 Å². The van der Waals surface area contributed by atoms with Gasteiger partial charge in [0.15, 0.2) is 11.5 Å². The quantitative estimate of drug-likeness (QED) is 0.797. The van der Waals surface area contributed by atoms with Gasteiger partial charge in [-0.15, -0.1) is 13.2 Å². The average molecular weight is 289 g/mol. The van der Waals surface area contributed by atoms with Gasteiger partial charge in [0.25, 0.3) is 0 Å². The van der Waals surface area contributed by atoms with Crippen LogP contribution in [0.4, 0.5) is 13.2 Å². The van der Waals surface area contributed by atoms with Gasteiger partial charge >= 0.3 is 12.3 Å². The van der Waals surface area contributed by atoms with Gasteiger partial charge in [0.05, 0.1) is 24.8 Å². The molecule has 5 nitrogen and oxygen atoms in total. The van der Waals surface area contributed by atoms with Gasteiger partial charge in [-0.2, -0.15) is 5.26 Å². The average Bonchev–Trinajstić information content (AvgIpc) is 2.36. The maximum absolute atomic E-state index is 12.3. The Hall–Kier alpha value is -2.43. The van der Waals surface area contributed by atoms with E-state index in [9.17, 15) is 18.0 Å². The number of alkyl halides is 3. The fourth-order valence-corrected chi connectivity index (χ4v) is 1.43. The number of halogens is 3. The smallest absolute Gasteiger partial charge is 0.492 e. The molecule has 1 aromatic carbocycles. The Kier molecular flexibility index (Phi) is 4.80. The monoisotopic (exact) mass is 289 g/mol. The molecule has 0 saturated heterocycles. The van der Waals surface area contributed by atoms with Crippen molar-refractivity contribution in [3.8, 4) is 17.6 Å². The van der Waals surface area contributed by atoms with E-state index >= 15 is 0 Å². The van der Waals surface area contributed by atoms with Gasteiger partial charge in [-0.25, -0.2) is 4.79 Å². The summed E-state index contributed by atoms with van der Waals surface area (Å²) in [4.78, 5) is 11.5. The molecule has 20 heavy (non-hydrogen) atoms. The molecule has 0 aliphatic rings. The molecular weight excluding hydrogens is 279 g/mol. The number of hydrogen-bond acceptors (Lipinski definition) is 5. The number of carbonyl (C=O) groups excluding carboxylic acids is 1. The zero-order valence-electron chi connectivity index (χ0n) is 10.6. The summed E-state index contributed by atoms with van der Waals surface area (Å²) in [5.41, 5.74) is -0.499. The van der Waals surface area contributed by atoms with Gasteiger partial charge < -0.3 is 14.2 Å². The second-order valence-electron chi connectivity index (χ2n) is 3.44. The molecule has 0 atom stereocenters. The van der Waals surface area contributed by atoms with Gasteiger partial charge in [0, 0.05) is 0 Å². The number of ether oxygens (including phenoxy) is 3. The number of nitriles is 1. The molecule has 8 heteroatoms. The van der Waals surface area contributed by atoms with E-state index in [1.165, 1.54) is 0 Å². The minimum Gasteiger partial charge on any atom is -0.492 e. The standard InChI is InChI=1S/C12H10F3NO4/c1-3-19-11(17)7-4-8(6-16)10(18-2)9(5-7)20-12(13,14)15/h4-5H,3H2,1-2H3. The largest absolute Gasteiger partial charge is 0.573 e. The fraction of sp³-hybridized carbons (Fsp3) is 0.333. The summed E-state index contributed by atoms with van der Waals surface area (Å²) in [5, 5.41) is 8.89. The molecule has 0 aliphatic heterocycles. The van der Waals surface area contributed by atoms with Crippen molar-refractivity contribution < 1.29 is 32.2 Å². The third-order valence-electron chi connectivity index (χ3n) is 2.12. The van der Waals surface area contributed by atoms with Gasteiger partial charge in [0.1, 0.15) is 6.07 Å². The number of esters is 1. The predicted molar refractivity (Wildman–Crippen MR) is 60.3 cm³/mol. The SMILES string of the molecule is CCOC(=O)c1cc(C#N)c(OC)c(OC(F)(F)F)c1. The van der Waals surface area contributed by atoms with Crippen LogP contribution in [-0.2, 0) is 4.74 Å². The molecular formula is C12H10F3NO4. The molecule has 0 spiro atoms. The van der Waals surface area contributed by atoms with E-state index in [-0.39, 0.29) is 17.7 Å². The molecule has 0 aliphatic carbocycles. The van der Waals surface area contributed by atoms with Crippen LogP contribution in [0.25, 0.3) is 0 Å². The van der Waals surface area contributed by atoms with Gasteiger partial charge in [-0.1, -0.05) is 0 Å². The van der Waals surface area contributed by atoms with Crippen molar-refractivity contribution in [3.63, 3.8) is 0 Å². The maximum atomic E-state index is 12.3. The molecule has 0 unspecified atom stereocenters. The van der Waals surface area contributed by atoms with Crippen molar-refractivity contribution in [3.05, 3.63) is 23.3 Å². The molecule has 0 radical (unpaired) electrons. The highest BCUT2D eigenvalue weighted by atomic mass is 19.4. The highest BCUT2D eigenvalue weighted by Crippen LogP contribution is 2.36. The number of rotatable bonds is 4. The third kappa shape index (κ3) is 3.78. The summed E-state index contributed by atoms with van der Waals surface area (Å²) in [6.45, 7) is 1.59. The molecule has 0 N–H and O–H groups in total. The van der Waals surface area contributed by atoms with Crippen LogP contribution in [0.2, 0.25) is 0 Å². The predicted octanol–water partition coefficient (Wildman–Crippen LogP) is 2.64. The molecule has 0 heterocycles. The van der Waals surface area contributed by atoms with Crippen molar-refractivity contribution in [1.82, 2.24) is 0 Å². The fourth-order valence-electron chi connectivity index (χ4n) is 1.43. The van der Waals surface area contributed by atoms with Crippen molar-refractivity contribution in [1.29, 1.82) is 5.26 Å². The van der Waals surface area contributed by atoms with E-state index in [2.05, 4.69) is 9.47 Å². The first-order valence-electron chi connectivity index (χ1n) is 5.37. The second-order valence-corrected chi connectivity index (χ2v) is 3.44. The lowest BCUT2D eigenvalue weighted by molar-refractivity contribution is -0.275. The Labute approximate surface area is 112 Å². The minimum atomic E-state index is -4.98. The molecule has 1 aromatic rings. The Balaban J connectivity index is 3.35. The summed E-state index contributed by atoms with van der Waals surface area (Å²) in [5.74, 6) is -2.04. The normalized spacial score (nSPS) is 10.6. The minimum absolute atomic E-state index is 0.0439. The number of nitrogens with zero attached hydrogens (tertiary/aromatic N) is 1. The third-order valence-corrected chi connectivity index (χ3v) is 2.12. The summed E-state index contributed by atoms with van der Waals surface area (Å²) in [6, 6.07) is 3.51. The summed E-state index contributed by atoms with van der Waals surface area (Å²) < 4.78 is 50.0. The lowest BCUT2D eigenvalue weighted by Gasteiger charge is -2.14. The van der Waals surface area contributed by atoms with E-state index in [0.717, 1.165) is 19.2 Å². The molecule has 0 amide bonds. The topological polar surface area (TPSA) is 68.6 Å². The maximum Gasteiger partial charge on any atom is 0.573 e. The van der Waals surface area contributed by atoms with Crippen LogP contribution < -0.4 is 9.47 Å². The van der Waals surface area contributed by atoms with Crippen LogP contribution in [0.3, 0.4) is 0 Å². The highest BCUT2D eigenvalue weighted by Gasteiger charge is 2.33. The van der Waals surface area contributed by atoms with Crippen molar-refractivity contribution in [2.45, 2.75) is 13.3 Å². The molecule has 0 saturated carbocycles. The van der Waals surface area contributed by atoms with Crippen LogP contribution in [0.15, 0.2) is 12.1 Å². The lowest BCUT2D eigenvalue weighted by atomic mass is 10.1. The van der Waals surface area contributed by atoms with E-state index in [0.29, 0.717) is 0 Å². The number of hydrogen-bond donors (Lipinski definition) is 0. The van der Waals surface area contributed by atoms with Crippen LogP contribution in [0.5, 0.6) is 11.5 Å². The van der Waals surface area contributed by atoms with E-state index in [1.54, 1.807) is 13.0 Å². The Morgan fingerprint density at radius 3 is 2.50 bits per heavy atom. The zero-order chi connectivity index (χ0) is 15.3. The van der Waals surface area contributed by atoms with Crippen molar-refractivity contribution in [2.75, 3.05) is 13.7 Å². The Morgan fingerprint density at radius 1 is 1.40 bits per heavy atom. The van der Waals surface area contributed by atoms with E-state index < -0.39 is 23.8 Å². The summed E-state index contributed by atoms with van der Waals surface area (Å²) in [7, 11) is 1.09. The first-order valence-corrected chi connectivity index (χ1v) is 5.37. The van der Waals surface area contributed by atoms with Crippen molar-refractivity contribution >= 4 is 5.97 Å². The molecule has 0 fully saturated rings. The first kappa shape index (κ1) is 15.6. The Bertz CT molecular complexity index is 549.